The first-order valence-corrected chi connectivity index (χ1v) is 7.89. The number of anilines is 1. The van der Waals surface area contributed by atoms with Crippen molar-refractivity contribution in [1.29, 1.82) is 0 Å². The Hall–Kier alpha value is -1.02. The third kappa shape index (κ3) is 3.30. The van der Waals surface area contributed by atoms with E-state index in [1.807, 2.05) is 0 Å². The van der Waals surface area contributed by atoms with Crippen molar-refractivity contribution >= 4 is 5.69 Å². The van der Waals surface area contributed by atoms with Crippen molar-refractivity contribution < 1.29 is 0 Å². The molecule has 1 saturated carbocycles. The van der Waals surface area contributed by atoms with Gasteiger partial charge in [-0.25, -0.2) is 0 Å². The Bertz CT molecular complexity index is 383. The molecule has 0 amide bonds. The van der Waals surface area contributed by atoms with Crippen LogP contribution in [0.4, 0.5) is 5.69 Å². The molecule has 2 nitrogen and oxygen atoms in total. The second kappa shape index (κ2) is 6.95. The van der Waals surface area contributed by atoms with Gasteiger partial charge in [0, 0.05) is 24.3 Å². The lowest BCUT2D eigenvalue weighted by Gasteiger charge is -2.37. The maximum absolute atomic E-state index is 6.29. The van der Waals surface area contributed by atoms with Crippen molar-refractivity contribution in [3.8, 4) is 0 Å². The Balaban J connectivity index is 2.26. The second-order valence-corrected chi connectivity index (χ2v) is 5.65. The average Bonchev–Trinajstić information content (AvgIpc) is 2.49. The Kier molecular flexibility index (Phi) is 5.26. The molecule has 0 heterocycles. The highest BCUT2D eigenvalue weighted by molar-refractivity contribution is 5.55. The van der Waals surface area contributed by atoms with Gasteiger partial charge >= 0.3 is 0 Å². The van der Waals surface area contributed by atoms with E-state index >= 15 is 0 Å². The van der Waals surface area contributed by atoms with E-state index < -0.39 is 0 Å². The van der Waals surface area contributed by atoms with Crippen LogP contribution in [0.15, 0.2) is 24.3 Å². The van der Waals surface area contributed by atoms with Crippen molar-refractivity contribution in [3.05, 3.63) is 29.8 Å². The van der Waals surface area contributed by atoms with E-state index in [1.165, 1.54) is 43.4 Å². The van der Waals surface area contributed by atoms with E-state index in [-0.39, 0.29) is 6.04 Å². The maximum atomic E-state index is 6.29. The number of benzene rings is 1. The third-order valence-electron chi connectivity index (χ3n) is 4.44. The minimum Gasteiger partial charge on any atom is -0.369 e. The molecule has 2 N–H and O–H groups in total. The molecule has 0 aromatic heterocycles. The zero-order chi connectivity index (χ0) is 13.7. The molecular formula is C17H28N2. The van der Waals surface area contributed by atoms with Crippen LogP contribution in [0, 0.1) is 0 Å². The van der Waals surface area contributed by atoms with E-state index in [1.54, 1.807) is 0 Å². The molecule has 2 heteroatoms. The van der Waals surface area contributed by atoms with E-state index in [2.05, 4.69) is 43.0 Å². The van der Waals surface area contributed by atoms with Gasteiger partial charge in [0.25, 0.3) is 0 Å². The summed E-state index contributed by atoms with van der Waals surface area (Å²) in [5.74, 6) is 0. The van der Waals surface area contributed by atoms with Crippen LogP contribution in [0.25, 0.3) is 0 Å². The van der Waals surface area contributed by atoms with Gasteiger partial charge in [0.2, 0.25) is 0 Å². The first-order chi connectivity index (χ1) is 9.27. The molecule has 0 spiro atoms. The number of hydrogen-bond donors (Lipinski definition) is 1. The molecule has 106 valence electrons. The number of nitrogens with zero attached hydrogens (tertiary/aromatic N) is 1. The number of para-hydroxylation sites is 1. The summed E-state index contributed by atoms with van der Waals surface area (Å²) in [6.45, 7) is 5.51. The quantitative estimate of drug-likeness (QED) is 0.857. The van der Waals surface area contributed by atoms with Crippen LogP contribution in [0.1, 0.15) is 64.0 Å². The third-order valence-corrected chi connectivity index (χ3v) is 4.44. The monoisotopic (exact) mass is 260 g/mol. The molecule has 19 heavy (non-hydrogen) atoms. The van der Waals surface area contributed by atoms with Crippen molar-refractivity contribution in [2.45, 2.75) is 64.5 Å². The Morgan fingerprint density at radius 3 is 2.47 bits per heavy atom. The Morgan fingerprint density at radius 1 is 1.16 bits per heavy atom. The van der Waals surface area contributed by atoms with Gasteiger partial charge < -0.3 is 10.6 Å². The van der Waals surface area contributed by atoms with Crippen LogP contribution >= 0.6 is 0 Å². The lowest BCUT2D eigenvalue weighted by atomic mass is 9.92. The minimum atomic E-state index is 0.161. The fourth-order valence-electron chi connectivity index (χ4n) is 3.30. The van der Waals surface area contributed by atoms with Crippen LogP contribution < -0.4 is 10.6 Å². The average molecular weight is 260 g/mol. The summed E-state index contributed by atoms with van der Waals surface area (Å²) in [6.07, 6.45) is 7.84. The van der Waals surface area contributed by atoms with E-state index in [9.17, 15) is 0 Å². The highest BCUT2D eigenvalue weighted by atomic mass is 15.2. The highest BCUT2D eigenvalue weighted by Gasteiger charge is 2.22. The Labute approximate surface area is 118 Å². The van der Waals surface area contributed by atoms with Crippen molar-refractivity contribution in [1.82, 2.24) is 0 Å². The summed E-state index contributed by atoms with van der Waals surface area (Å²) in [5, 5.41) is 0. The van der Waals surface area contributed by atoms with Crippen molar-refractivity contribution in [2.75, 3.05) is 11.4 Å². The molecule has 1 aromatic carbocycles. The van der Waals surface area contributed by atoms with Gasteiger partial charge in [-0.2, -0.15) is 0 Å². The predicted molar refractivity (Wildman–Crippen MR) is 83.6 cm³/mol. The predicted octanol–water partition coefficient (Wildman–Crippen LogP) is 4.26. The van der Waals surface area contributed by atoms with Gasteiger partial charge in [0.15, 0.2) is 0 Å². The summed E-state index contributed by atoms with van der Waals surface area (Å²) in [7, 11) is 0. The standard InChI is InChI=1S/C17H28N2/c1-3-16(18)15-12-8-9-13-17(15)19(4-2)14-10-6-5-7-11-14/h8-9,12-14,16H,3-7,10-11,18H2,1-2H3/t16-/m1/s1. The van der Waals surface area contributed by atoms with Gasteiger partial charge in [-0.15, -0.1) is 0 Å². The molecule has 0 radical (unpaired) electrons. The molecule has 0 saturated heterocycles. The molecule has 0 unspecified atom stereocenters. The number of hydrogen-bond acceptors (Lipinski definition) is 2. The van der Waals surface area contributed by atoms with E-state index in [4.69, 9.17) is 5.73 Å². The summed E-state index contributed by atoms with van der Waals surface area (Å²) in [4.78, 5) is 2.59. The van der Waals surface area contributed by atoms with Crippen LogP contribution in [0.2, 0.25) is 0 Å². The van der Waals surface area contributed by atoms with Crippen LogP contribution in [-0.4, -0.2) is 12.6 Å². The zero-order valence-corrected chi connectivity index (χ0v) is 12.4. The van der Waals surface area contributed by atoms with Gasteiger partial charge in [-0.3, -0.25) is 0 Å². The second-order valence-electron chi connectivity index (χ2n) is 5.65. The van der Waals surface area contributed by atoms with E-state index in [0.29, 0.717) is 6.04 Å². The fraction of sp³-hybridized carbons (Fsp3) is 0.647. The lowest BCUT2D eigenvalue weighted by Crippen LogP contribution is -2.37. The molecule has 1 aliphatic rings. The molecule has 1 aromatic rings. The van der Waals surface area contributed by atoms with Crippen molar-refractivity contribution in [2.24, 2.45) is 5.73 Å². The topological polar surface area (TPSA) is 29.3 Å². The smallest absolute Gasteiger partial charge is 0.0417 e. The van der Waals surface area contributed by atoms with Gasteiger partial charge in [0.1, 0.15) is 0 Å². The zero-order valence-electron chi connectivity index (χ0n) is 12.4. The molecular weight excluding hydrogens is 232 g/mol. The summed E-state index contributed by atoms with van der Waals surface area (Å²) >= 11 is 0. The highest BCUT2D eigenvalue weighted by Crippen LogP contribution is 2.32. The molecule has 0 aliphatic heterocycles. The van der Waals surface area contributed by atoms with E-state index in [0.717, 1.165) is 13.0 Å². The van der Waals surface area contributed by atoms with Crippen LogP contribution in [0.3, 0.4) is 0 Å². The first-order valence-electron chi connectivity index (χ1n) is 7.89. The fourth-order valence-corrected chi connectivity index (χ4v) is 3.30. The molecule has 1 atom stereocenters. The van der Waals surface area contributed by atoms with Gasteiger partial charge in [0.05, 0.1) is 0 Å². The SMILES string of the molecule is CC[C@@H](N)c1ccccc1N(CC)C1CCCCC1. The number of rotatable bonds is 5. The number of nitrogens with two attached hydrogens (primary N) is 1. The maximum Gasteiger partial charge on any atom is 0.0417 e. The molecule has 2 rings (SSSR count). The molecule has 0 bridgehead atoms. The summed E-state index contributed by atoms with van der Waals surface area (Å²) in [5.41, 5.74) is 8.97. The van der Waals surface area contributed by atoms with Crippen molar-refractivity contribution in [3.63, 3.8) is 0 Å². The summed E-state index contributed by atoms with van der Waals surface area (Å²) < 4.78 is 0. The lowest BCUT2D eigenvalue weighted by molar-refractivity contribution is 0.417. The Morgan fingerprint density at radius 2 is 1.84 bits per heavy atom. The molecule has 1 fully saturated rings. The van der Waals surface area contributed by atoms with Gasteiger partial charge in [-0.05, 0) is 37.8 Å². The minimum absolute atomic E-state index is 0.161. The van der Waals surface area contributed by atoms with Crippen LogP contribution in [-0.2, 0) is 0 Å². The normalized spacial score (nSPS) is 18.3. The molecule has 1 aliphatic carbocycles. The largest absolute Gasteiger partial charge is 0.369 e. The van der Waals surface area contributed by atoms with Gasteiger partial charge in [-0.1, -0.05) is 44.4 Å². The van der Waals surface area contributed by atoms with Crippen LogP contribution in [0.5, 0.6) is 0 Å². The first kappa shape index (κ1) is 14.4. The summed E-state index contributed by atoms with van der Waals surface area (Å²) in [6, 6.07) is 9.59.